The van der Waals surface area contributed by atoms with Crippen molar-refractivity contribution in [3.63, 3.8) is 0 Å². The number of hydrogen-bond acceptors (Lipinski definition) is 2. The summed E-state index contributed by atoms with van der Waals surface area (Å²) in [4.78, 5) is 0. The Morgan fingerprint density at radius 3 is 2.59 bits per heavy atom. The maximum absolute atomic E-state index is 5.96. The molecular formula is C14H13N3. The van der Waals surface area contributed by atoms with Gasteiger partial charge in [0.1, 0.15) is 5.82 Å². The molecule has 2 aromatic carbocycles. The molecule has 3 rings (SSSR count). The van der Waals surface area contributed by atoms with Crippen LogP contribution in [0.3, 0.4) is 0 Å². The Hall–Kier alpha value is -2.29. The van der Waals surface area contributed by atoms with Gasteiger partial charge >= 0.3 is 0 Å². The van der Waals surface area contributed by atoms with Gasteiger partial charge in [-0.05, 0) is 18.4 Å². The number of aromatic nitrogens is 2. The molecule has 0 aliphatic carbocycles. The summed E-state index contributed by atoms with van der Waals surface area (Å²) in [7, 11) is 0. The van der Waals surface area contributed by atoms with E-state index >= 15 is 0 Å². The zero-order valence-electron chi connectivity index (χ0n) is 9.59. The minimum Gasteiger partial charge on any atom is -0.384 e. The number of benzene rings is 2. The van der Waals surface area contributed by atoms with Gasteiger partial charge in [-0.15, -0.1) is 0 Å². The number of nitrogens with zero attached hydrogens (tertiary/aromatic N) is 2. The summed E-state index contributed by atoms with van der Waals surface area (Å²) in [5.74, 6) is 0.666. The minimum absolute atomic E-state index is 0.666. The average molecular weight is 223 g/mol. The Kier molecular flexibility index (Phi) is 2.11. The van der Waals surface area contributed by atoms with E-state index < -0.39 is 0 Å². The highest BCUT2D eigenvalue weighted by Gasteiger charge is 2.07. The van der Waals surface area contributed by atoms with Gasteiger partial charge in [-0.1, -0.05) is 36.4 Å². The smallest absolute Gasteiger partial charge is 0.127 e. The third kappa shape index (κ3) is 1.56. The fourth-order valence-electron chi connectivity index (χ4n) is 2.11. The highest BCUT2D eigenvalue weighted by atomic mass is 15.3. The van der Waals surface area contributed by atoms with Crippen LogP contribution in [0.1, 0.15) is 5.69 Å². The Bertz CT molecular complexity index is 678. The number of aryl methyl sites for hydroxylation is 1. The molecule has 3 nitrogen and oxygen atoms in total. The fourth-order valence-corrected chi connectivity index (χ4v) is 2.11. The van der Waals surface area contributed by atoms with Crippen LogP contribution in [0.4, 0.5) is 5.82 Å². The van der Waals surface area contributed by atoms with Crippen molar-refractivity contribution in [3.8, 4) is 5.69 Å². The zero-order valence-corrected chi connectivity index (χ0v) is 9.59. The Labute approximate surface area is 99.5 Å². The van der Waals surface area contributed by atoms with Crippen molar-refractivity contribution in [1.29, 1.82) is 0 Å². The second-order valence-electron chi connectivity index (χ2n) is 4.12. The first-order valence-electron chi connectivity index (χ1n) is 5.56. The van der Waals surface area contributed by atoms with E-state index in [1.54, 1.807) is 4.68 Å². The van der Waals surface area contributed by atoms with Crippen molar-refractivity contribution < 1.29 is 0 Å². The summed E-state index contributed by atoms with van der Waals surface area (Å²) in [6, 6.07) is 16.3. The molecule has 0 saturated carbocycles. The first-order valence-corrected chi connectivity index (χ1v) is 5.56. The molecule has 84 valence electrons. The molecule has 0 saturated heterocycles. The summed E-state index contributed by atoms with van der Waals surface area (Å²) in [5.41, 5.74) is 7.91. The van der Waals surface area contributed by atoms with Gasteiger partial charge in [-0.25, -0.2) is 4.68 Å². The van der Waals surface area contributed by atoms with E-state index in [0.29, 0.717) is 5.82 Å². The lowest BCUT2D eigenvalue weighted by Gasteiger charge is -2.07. The molecule has 17 heavy (non-hydrogen) atoms. The summed E-state index contributed by atoms with van der Waals surface area (Å²) in [5, 5.41) is 6.77. The SMILES string of the molecule is Cc1cc(N)n(-c2cccc3ccccc23)n1. The van der Waals surface area contributed by atoms with E-state index in [2.05, 4.69) is 23.3 Å². The molecule has 2 N–H and O–H groups in total. The lowest BCUT2D eigenvalue weighted by Crippen LogP contribution is -2.02. The number of nitrogen functional groups attached to an aromatic ring is 1. The molecule has 0 unspecified atom stereocenters. The molecule has 0 aliphatic rings. The number of fused-ring (bicyclic) bond motifs is 1. The van der Waals surface area contributed by atoms with Crippen LogP contribution in [0.15, 0.2) is 48.5 Å². The van der Waals surface area contributed by atoms with Crippen molar-refractivity contribution in [3.05, 3.63) is 54.2 Å². The highest BCUT2D eigenvalue weighted by Crippen LogP contribution is 2.23. The van der Waals surface area contributed by atoms with Crippen LogP contribution < -0.4 is 5.73 Å². The van der Waals surface area contributed by atoms with Gasteiger partial charge in [-0.2, -0.15) is 5.10 Å². The quantitative estimate of drug-likeness (QED) is 0.689. The van der Waals surface area contributed by atoms with Crippen molar-refractivity contribution in [1.82, 2.24) is 9.78 Å². The summed E-state index contributed by atoms with van der Waals surface area (Å²) in [6.45, 7) is 1.94. The van der Waals surface area contributed by atoms with E-state index in [0.717, 1.165) is 16.8 Å². The molecule has 0 amide bonds. The van der Waals surface area contributed by atoms with E-state index in [1.807, 2.05) is 37.3 Å². The molecule has 1 heterocycles. The molecule has 0 fully saturated rings. The van der Waals surface area contributed by atoms with Crippen LogP contribution in [0.2, 0.25) is 0 Å². The van der Waals surface area contributed by atoms with Crippen molar-refractivity contribution >= 4 is 16.6 Å². The fraction of sp³-hybridized carbons (Fsp3) is 0.0714. The highest BCUT2D eigenvalue weighted by molar-refractivity contribution is 5.90. The topological polar surface area (TPSA) is 43.8 Å². The van der Waals surface area contributed by atoms with Gasteiger partial charge in [0.25, 0.3) is 0 Å². The van der Waals surface area contributed by atoms with Gasteiger partial charge in [0, 0.05) is 11.5 Å². The Balaban J connectivity index is 2.34. The lowest BCUT2D eigenvalue weighted by atomic mass is 10.1. The minimum atomic E-state index is 0.666. The molecule has 0 atom stereocenters. The summed E-state index contributed by atoms with van der Waals surface area (Å²) in [6.07, 6.45) is 0. The molecule has 3 heteroatoms. The lowest BCUT2D eigenvalue weighted by molar-refractivity contribution is 0.878. The van der Waals surface area contributed by atoms with Crippen LogP contribution in [-0.2, 0) is 0 Å². The molecule has 0 bridgehead atoms. The van der Waals surface area contributed by atoms with Crippen LogP contribution in [-0.4, -0.2) is 9.78 Å². The number of rotatable bonds is 1. The predicted octanol–water partition coefficient (Wildman–Crippen LogP) is 2.92. The number of hydrogen-bond donors (Lipinski definition) is 1. The van der Waals surface area contributed by atoms with Crippen molar-refractivity contribution in [2.24, 2.45) is 0 Å². The van der Waals surface area contributed by atoms with Gasteiger partial charge in [0.2, 0.25) is 0 Å². The molecule has 0 radical (unpaired) electrons. The standard InChI is InChI=1S/C14H13N3/c1-10-9-14(15)17(16-10)13-8-4-6-11-5-2-3-7-12(11)13/h2-9H,15H2,1H3. The maximum Gasteiger partial charge on any atom is 0.127 e. The summed E-state index contributed by atoms with van der Waals surface area (Å²) < 4.78 is 1.79. The second kappa shape index (κ2) is 3.63. The normalized spacial score (nSPS) is 10.9. The third-order valence-electron chi connectivity index (χ3n) is 2.85. The number of anilines is 1. The number of nitrogens with two attached hydrogens (primary N) is 1. The molecule has 3 aromatic rings. The van der Waals surface area contributed by atoms with Crippen LogP contribution in [0.5, 0.6) is 0 Å². The van der Waals surface area contributed by atoms with Gasteiger partial charge < -0.3 is 5.73 Å². The van der Waals surface area contributed by atoms with Crippen LogP contribution in [0.25, 0.3) is 16.5 Å². The second-order valence-corrected chi connectivity index (χ2v) is 4.12. The molecule has 0 spiro atoms. The third-order valence-corrected chi connectivity index (χ3v) is 2.85. The molecule has 1 aromatic heterocycles. The van der Waals surface area contributed by atoms with E-state index in [-0.39, 0.29) is 0 Å². The van der Waals surface area contributed by atoms with Crippen LogP contribution >= 0.6 is 0 Å². The molecular weight excluding hydrogens is 210 g/mol. The van der Waals surface area contributed by atoms with E-state index in [4.69, 9.17) is 5.73 Å². The Morgan fingerprint density at radius 2 is 1.82 bits per heavy atom. The largest absolute Gasteiger partial charge is 0.384 e. The van der Waals surface area contributed by atoms with Crippen LogP contribution in [0, 0.1) is 6.92 Å². The first kappa shape index (κ1) is 9.90. The molecule has 0 aliphatic heterocycles. The Morgan fingerprint density at radius 1 is 1.06 bits per heavy atom. The van der Waals surface area contributed by atoms with Crippen molar-refractivity contribution in [2.75, 3.05) is 5.73 Å². The van der Waals surface area contributed by atoms with Crippen molar-refractivity contribution in [2.45, 2.75) is 6.92 Å². The van der Waals surface area contributed by atoms with Gasteiger partial charge in [-0.3, -0.25) is 0 Å². The van der Waals surface area contributed by atoms with E-state index in [1.165, 1.54) is 5.39 Å². The monoisotopic (exact) mass is 223 g/mol. The first-order chi connectivity index (χ1) is 8.25. The predicted molar refractivity (Wildman–Crippen MR) is 70.2 cm³/mol. The van der Waals surface area contributed by atoms with Gasteiger partial charge in [0.05, 0.1) is 11.4 Å². The summed E-state index contributed by atoms with van der Waals surface area (Å²) >= 11 is 0. The zero-order chi connectivity index (χ0) is 11.8. The van der Waals surface area contributed by atoms with Gasteiger partial charge in [0.15, 0.2) is 0 Å². The average Bonchev–Trinajstić information content (AvgIpc) is 2.68. The maximum atomic E-state index is 5.96. The van der Waals surface area contributed by atoms with E-state index in [9.17, 15) is 0 Å².